The topological polar surface area (TPSA) is 75.7 Å². The maximum Gasteiger partial charge on any atom is 0.425 e. The van der Waals surface area contributed by atoms with Gasteiger partial charge in [0, 0.05) is 5.92 Å². The zero-order valence-corrected chi connectivity index (χ0v) is 12.8. The normalized spacial score (nSPS) is 37.5. The van der Waals surface area contributed by atoms with E-state index in [2.05, 4.69) is 5.32 Å². The minimum atomic E-state index is -1.21. The van der Waals surface area contributed by atoms with Gasteiger partial charge in [0.25, 0.3) is 5.91 Å². The van der Waals surface area contributed by atoms with E-state index in [1.165, 1.54) is 0 Å². The van der Waals surface area contributed by atoms with E-state index in [1.807, 2.05) is 12.2 Å². The second-order valence-corrected chi connectivity index (χ2v) is 7.18. The van der Waals surface area contributed by atoms with Crippen LogP contribution in [0.2, 0.25) is 0 Å². The van der Waals surface area contributed by atoms with Crippen LogP contribution in [0.3, 0.4) is 0 Å². The van der Waals surface area contributed by atoms with Crippen LogP contribution in [-0.4, -0.2) is 39.4 Å². The van der Waals surface area contributed by atoms with Gasteiger partial charge in [-0.25, -0.2) is 9.59 Å². The first-order valence-corrected chi connectivity index (χ1v) is 7.32. The standard InChI is InChI=1S/C14H17ClN2O4/c1-13(2,3)21-12(20)17-10(18)14(16-11(17)19)8-5-4-7(6-8)9(14)15/h4-5,7-9H,6H2,1-3H3,(H,16,19)/t7-,8+,9+,14-/m0/s1. The van der Waals surface area contributed by atoms with Crippen molar-refractivity contribution in [2.45, 2.75) is 43.7 Å². The Hall–Kier alpha value is -1.56. The number of rotatable bonds is 0. The number of hydrogen-bond acceptors (Lipinski definition) is 4. The van der Waals surface area contributed by atoms with Crippen LogP contribution in [0, 0.1) is 11.8 Å². The molecule has 7 heteroatoms. The van der Waals surface area contributed by atoms with Gasteiger partial charge >= 0.3 is 12.1 Å². The van der Waals surface area contributed by atoms with E-state index >= 15 is 0 Å². The lowest BCUT2D eigenvalue weighted by molar-refractivity contribution is -0.131. The third kappa shape index (κ3) is 1.88. The molecule has 4 atom stereocenters. The van der Waals surface area contributed by atoms with E-state index in [0.29, 0.717) is 11.3 Å². The first-order chi connectivity index (χ1) is 9.67. The lowest BCUT2D eigenvalue weighted by atomic mass is 9.84. The summed E-state index contributed by atoms with van der Waals surface area (Å²) >= 11 is 6.37. The monoisotopic (exact) mass is 312 g/mol. The summed E-state index contributed by atoms with van der Waals surface area (Å²) in [5.41, 5.74) is -2.00. The highest BCUT2D eigenvalue weighted by Gasteiger charge is 2.67. The lowest BCUT2D eigenvalue weighted by Gasteiger charge is -2.32. The maximum atomic E-state index is 12.7. The molecule has 0 aromatic carbocycles. The molecule has 2 bridgehead atoms. The summed E-state index contributed by atoms with van der Waals surface area (Å²) in [6.07, 6.45) is 3.60. The number of halogens is 1. The number of urea groups is 1. The van der Waals surface area contributed by atoms with Crippen LogP contribution < -0.4 is 5.32 Å². The van der Waals surface area contributed by atoms with E-state index in [9.17, 15) is 14.4 Å². The average molecular weight is 313 g/mol. The predicted octanol–water partition coefficient (Wildman–Crippen LogP) is 2.03. The summed E-state index contributed by atoms with van der Waals surface area (Å²) < 4.78 is 5.12. The third-order valence-corrected chi connectivity index (χ3v) is 4.83. The Kier molecular flexibility index (Phi) is 2.89. The Bertz CT molecular complexity index is 568. The average Bonchev–Trinajstić information content (AvgIpc) is 2.95. The van der Waals surface area contributed by atoms with Crippen molar-refractivity contribution in [3.05, 3.63) is 12.2 Å². The van der Waals surface area contributed by atoms with Crippen molar-refractivity contribution in [3.63, 3.8) is 0 Å². The van der Waals surface area contributed by atoms with Gasteiger partial charge in [0.15, 0.2) is 0 Å². The molecule has 1 saturated carbocycles. The molecule has 114 valence electrons. The molecule has 4 amide bonds. The number of allylic oxidation sites excluding steroid dienone is 1. The minimum Gasteiger partial charge on any atom is -0.443 e. The van der Waals surface area contributed by atoms with E-state index in [1.54, 1.807) is 20.8 Å². The van der Waals surface area contributed by atoms with Gasteiger partial charge in [-0.05, 0) is 33.1 Å². The molecule has 1 heterocycles. The molecule has 3 rings (SSSR count). The van der Waals surface area contributed by atoms with Crippen LogP contribution in [0.25, 0.3) is 0 Å². The summed E-state index contributed by atoms with van der Waals surface area (Å²) in [7, 11) is 0. The predicted molar refractivity (Wildman–Crippen MR) is 74.7 cm³/mol. The van der Waals surface area contributed by atoms with Gasteiger partial charge in [0.1, 0.15) is 11.1 Å². The van der Waals surface area contributed by atoms with Crippen LogP contribution in [0.1, 0.15) is 27.2 Å². The second-order valence-electron chi connectivity index (χ2n) is 6.71. The molecule has 0 aromatic heterocycles. The molecule has 1 saturated heterocycles. The molecule has 1 N–H and O–H groups in total. The Morgan fingerprint density at radius 2 is 2.10 bits per heavy atom. The van der Waals surface area contributed by atoms with E-state index in [-0.39, 0.29) is 11.8 Å². The molecule has 1 aliphatic heterocycles. The highest BCUT2D eigenvalue weighted by molar-refractivity contribution is 6.28. The van der Waals surface area contributed by atoms with Crippen molar-refractivity contribution < 1.29 is 19.1 Å². The molecule has 0 aromatic rings. The van der Waals surface area contributed by atoms with Crippen LogP contribution in [0.4, 0.5) is 9.59 Å². The van der Waals surface area contributed by atoms with Crippen molar-refractivity contribution in [2.75, 3.05) is 0 Å². The highest BCUT2D eigenvalue weighted by atomic mass is 35.5. The summed E-state index contributed by atoms with van der Waals surface area (Å²) in [4.78, 5) is 37.4. The summed E-state index contributed by atoms with van der Waals surface area (Å²) in [5, 5.41) is 2.09. The number of carbonyl (C=O) groups is 3. The van der Waals surface area contributed by atoms with Crippen molar-refractivity contribution in [2.24, 2.45) is 11.8 Å². The molecule has 6 nitrogen and oxygen atoms in total. The summed E-state index contributed by atoms with van der Waals surface area (Å²) in [6.45, 7) is 5.01. The van der Waals surface area contributed by atoms with Gasteiger partial charge in [-0.2, -0.15) is 4.90 Å². The largest absolute Gasteiger partial charge is 0.443 e. The molecular weight excluding hydrogens is 296 g/mol. The number of alkyl halides is 1. The Morgan fingerprint density at radius 1 is 1.43 bits per heavy atom. The van der Waals surface area contributed by atoms with Gasteiger partial charge in [0.2, 0.25) is 0 Å². The Balaban J connectivity index is 1.90. The molecule has 0 radical (unpaired) electrons. The van der Waals surface area contributed by atoms with Crippen LogP contribution >= 0.6 is 11.6 Å². The number of carbonyl (C=O) groups excluding carboxylic acids is 3. The Morgan fingerprint density at radius 3 is 2.62 bits per heavy atom. The SMILES string of the molecule is CC(C)(C)OC(=O)N1C(=O)N[C@@]2(C1=O)[C@@H]1C=C[C@@H](C1)[C@H]2Cl. The fourth-order valence-electron chi connectivity index (χ4n) is 3.30. The molecule has 1 spiro atoms. The van der Waals surface area contributed by atoms with Gasteiger partial charge < -0.3 is 10.1 Å². The number of fused-ring (bicyclic) bond motifs is 3. The molecular formula is C14H17ClN2O4. The zero-order valence-electron chi connectivity index (χ0n) is 12.1. The molecule has 0 unspecified atom stereocenters. The summed E-state index contributed by atoms with van der Waals surface area (Å²) in [5.74, 6) is -0.744. The molecule has 2 aliphatic carbocycles. The third-order valence-electron chi connectivity index (χ3n) is 4.16. The van der Waals surface area contributed by atoms with Crippen LogP contribution in [0.15, 0.2) is 12.2 Å². The molecule has 3 aliphatic rings. The van der Waals surface area contributed by atoms with Gasteiger partial charge in [-0.3, -0.25) is 4.79 Å². The van der Waals surface area contributed by atoms with Crippen LogP contribution in [-0.2, 0) is 9.53 Å². The number of nitrogens with one attached hydrogen (secondary N) is 1. The van der Waals surface area contributed by atoms with Crippen molar-refractivity contribution >= 4 is 29.6 Å². The highest BCUT2D eigenvalue weighted by Crippen LogP contribution is 2.51. The summed E-state index contributed by atoms with van der Waals surface area (Å²) in [6, 6.07) is -0.763. The molecule has 21 heavy (non-hydrogen) atoms. The van der Waals surface area contributed by atoms with E-state index in [4.69, 9.17) is 16.3 Å². The van der Waals surface area contributed by atoms with E-state index in [0.717, 1.165) is 0 Å². The molecule has 2 fully saturated rings. The lowest BCUT2D eigenvalue weighted by Crippen LogP contribution is -2.57. The van der Waals surface area contributed by atoms with Gasteiger partial charge in [-0.15, -0.1) is 11.6 Å². The number of amides is 4. The van der Waals surface area contributed by atoms with E-state index < -0.39 is 34.5 Å². The second kappa shape index (κ2) is 4.22. The first-order valence-electron chi connectivity index (χ1n) is 6.89. The van der Waals surface area contributed by atoms with Gasteiger partial charge in [0.05, 0.1) is 5.38 Å². The zero-order chi connectivity index (χ0) is 15.6. The number of ether oxygens (including phenoxy) is 1. The smallest absolute Gasteiger partial charge is 0.425 e. The Labute approximate surface area is 127 Å². The van der Waals surface area contributed by atoms with Crippen LogP contribution in [0.5, 0.6) is 0 Å². The maximum absolute atomic E-state index is 12.7. The number of imide groups is 3. The minimum absolute atomic E-state index is 0.0412. The van der Waals surface area contributed by atoms with Gasteiger partial charge in [-0.1, -0.05) is 12.2 Å². The fourth-order valence-corrected chi connectivity index (χ4v) is 3.80. The first kappa shape index (κ1) is 14.4. The van der Waals surface area contributed by atoms with Crippen molar-refractivity contribution in [3.8, 4) is 0 Å². The van der Waals surface area contributed by atoms with Crippen molar-refractivity contribution in [1.29, 1.82) is 0 Å². The number of nitrogens with zero attached hydrogens (tertiary/aromatic N) is 1. The van der Waals surface area contributed by atoms with Crippen molar-refractivity contribution in [1.82, 2.24) is 10.2 Å². The fraction of sp³-hybridized carbons (Fsp3) is 0.643. The quantitative estimate of drug-likeness (QED) is 0.422. The number of hydrogen-bond donors (Lipinski definition) is 1.